The molecule has 0 radical (unpaired) electrons. The van der Waals surface area contributed by atoms with Crippen molar-refractivity contribution in [3.05, 3.63) is 23.9 Å². The van der Waals surface area contributed by atoms with Crippen LogP contribution in [0, 0.1) is 5.92 Å². The van der Waals surface area contributed by atoms with Crippen molar-refractivity contribution in [3.8, 4) is 0 Å². The lowest BCUT2D eigenvalue weighted by molar-refractivity contribution is 0.0595. The van der Waals surface area contributed by atoms with Gasteiger partial charge in [-0.25, -0.2) is 4.98 Å². The van der Waals surface area contributed by atoms with Crippen molar-refractivity contribution in [2.45, 2.75) is 12.8 Å². The summed E-state index contributed by atoms with van der Waals surface area (Å²) in [7, 11) is 3.47. The van der Waals surface area contributed by atoms with Gasteiger partial charge < -0.3 is 15.0 Å². The van der Waals surface area contributed by atoms with Crippen molar-refractivity contribution < 1.29 is 9.53 Å². The molecule has 2 rings (SSSR count). The van der Waals surface area contributed by atoms with Crippen molar-refractivity contribution in [2.75, 3.05) is 39.2 Å². The van der Waals surface area contributed by atoms with Crippen LogP contribution in [0.15, 0.2) is 18.3 Å². The Kier molecular flexibility index (Phi) is 4.74. The Morgan fingerprint density at radius 1 is 1.53 bits per heavy atom. The van der Waals surface area contributed by atoms with E-state index in [0.29, 0.717) is 11.5 Å². The van der Waals surface area contributed by atoms with Crippen molar-refractivity contribution in [1.82, 2.24) is 9.88 Å². The van der Waals surface area contributed by atoms with Crippen LogP contribution in [0.25, 0.3) is 0 Å². The Hall–Kier alpha value is -1.62. The highest BCUT2D eigenvalue weighted by Crippen LogP contribution is 2.14. The highest BCUT2D eigenvalue weighted by Gasteiger charge is 2.14. The van der Waals surface area contributed by atoms with E-state index in [4.69, 9.17) is 4.74 Å². The fourth-order valence-corrected chi connectivity index (χ4v) is 2.10. The monoisotopic (exact) mass is 263 g/mol. The lowest BCUT2D eigenvalue weighted by atomic mass is 10.0. The number of nitrogens with zero attached hydrogens (tertiary/aromatic N) is 2. The van der Waals surface area contributed by atoms with Gasteiger partial charge in [0, 0.05) is 33.4 Å². The van der Waals surface area contributed by atoms with Crippen LogP contribution in [0.4, 0.5) is 5.82 Å². The lowest BCUT2D eigenvalue weighted by Crippen LogP contribution is -2.25. The Bertz CT molecular complexity index is 411. The molecule has 1 atom stereocenters. The second-order valence-electron chi connectivity index (χ2n) is 5.10. The van der Waals surface area contributed by atoms with Crippen LogP contribution >= 0.6 is 0 Å². The molecule has 2 heterocycles. The summed E-state index contributed by atoms with van der Waals surface area (Å²) in [6.45, 7) is 2.58. The molecule has 1 saturated heterocycles. The summed E-state index contributed by atoms with van der Waals surface area (Å²) in [6, 6.07) is 3.65. The minimum Gasteiger partial charge on any atom is -0.381 e. The standard InChI is InChI=1S/C14H21N3O2/c1-17(2)14(18)12-5-6-13(16-9-12)15-8-11-4-3-7-19-10-11/h5-6,9,11H,3-4,7-8,10H2,1-2H3,(H,15,16). The first-order valence-electron chi connectivity index (χ1n) is 6.66. The first-order valence-corrected chi connectivity index (χ1v) is 6.66. The molecule has 5 heteroatoms. The molecule has 0 aliphatic carbocycles. The molecule has 19 heavy (non-hydrogen) atoms. The van der Waals surface area contributed by atoms with Crippen LogP contribution in [-0.2, 0) is 4.74 Å². The van der Waals surface area contributed by atoms with E-state index in [9.17, 15) is 4.79 Å². The third-order valence-electron chi connectivity index (χ3n) is 3.24. The fraction of sp³-hybridized carbons (Fsp3) is 0.571. The predicted octanol–water partition coefficient (Wildman–Crippen LogP) is 1.62. The van der Waals surface area contributed by atoms with E-state index >= 15 is 0 Å². The van der Waals surface area contributed by atoms with Gasteiger partial charge in [0.25, 0.3) is 5.91 Å². The van der Waals surface area contributed by atoms with Gasteiger partial charge >= 0.3 is 0 Å². The number of rotatable bonds is 4. The van der Waals surface area contributed by atoms with Crippen LogP contribution in [-0.4, -0.2) is 49.6 Å². The second-order valence-corrected chi connectivity index (χ2v) is 5.10. The van der Waals surface area contributed by atoms with E-state index in [0.717, 1.165) is 32.0 Å². The fourth-order valence-electron chi connectivity index (χ4n) is 2.10. The number of carbonyl (C=O) groups excluding carboxylic acids is 1. The highest BCUT2D eigenvalue weighted by atomic mass is 16.5. The van der Waals surface area contributed by atoms with Crippen LogP contribution in [0.1, 0.15) is 23.2 Å². The van der Waals surface area contributed by atoms with E-state index in [-0.39, 0.29) is 5.91 Å². The Morgan fingerprint density at radius 3 is 2.95 bits per heavy atom. The molecule has 0 bridgehead atoms. The molecule has 1 unspecified atom stereocenters. The van der Waals surface area contributed by atoms with Gasteiger partial charge in [-0.2, -0.15) is 0 Å². The number of hydrogen-bond donors (Lipinski definition) is 1. The summed E-state index contributed by atoms with van der Waals surface area (Å²) in [4.78, 5) is 17.5. The molecule has 1 N–H and O–H groups in total. The van der Waals surface area contributed by atoms with Gasteiger partial charge in [-0.15, -0.1) is 0 Å². The number of amides is 1. The SMILES string of the molecule is CN(C)C(=O)c1ccc(NCC2CCCOC2)nc1. The second kappa shape index (κ2) is 6.52. The summed E-state index contributed by atoms with van der Waals surface area (Å²) in [5.41, 5.74) is 0.608. The molecular formula is C14H21N3O2. The average molecular weight is 263 g/mol. The van der Waals surface area contributed by atoms with E-state index in [1.807, 2.05) is 6.07 Å². The topological polar surface area (TPSA) is 54.5 Å². The zero-order chi connectivity index (χ0) is 13.7. The molecule has 1 aliphatic heterocycles. The number of aromatic nitrogens is 1. The third kappa shape index (κ3) is 3.92. The number of pyridine rings is 1. The van der Waals surface area contributed by atoms with Crippen molar-refractivity contribution in [3.63, 3.8) is 0 Å². The van der Waals surface area contributed by atoms with Gasteiger partial charge in [-0.1, -0.05) is 0 Å². The van der Waals surface area contributed by atoms with Gasteiger partial charge in [0.15, 0.2) is 0 Å². The number of ether oxygens (including phenoxy) is 1. The normalized spacial score (nSPS) is 18.9. The van der Waals surface area contributed by atoms with Gasteiger partial charge in [0.1, 0.15) is 5.82 Å². The van der Waals surface area contributed by atoms with Crippen molar-refractivity contribution in [2.24, 2.45) is 5.92 Å². The van der Waals surface area contributed by atoms with Crippen LogP contribution in [0.3, 0.4) is 0 Å². The van der Waals surface area contributed by atoms with Crippen molar-refractivity contribution >= 4 is 11.7 Å². The number of nitrogens with one attached hydrogen (secondary N) is 1. The zero-order valence-corrected chi connectivity index (χ0v) is 11.6. The molecular weight excluding hydrogens is 242 g/mol. The Morgan fingerprint density at radius 2 is 2.37 bits per heavy atom. The Balaban J connectivity index is 1.86. The van der Waals surface area contributed by atoms with E-state index < -0.39 is 0 Å². The van der Waals surface area contributed by atoms with Gasteiger partial charge in [-0.05, 0) is 30.9 Å². The number of carbonyl (C=O) groups is 1. The summed E-state index contributed by atoms with van der Waals surface area (Å²) in [5, 5.41) is 3.29. The van der Waals surface area contributed by atoms with Crippen LogP contribution in [0.2, 0.25) is 0 Å². The maximum absolute atomic E-state index is 11.7. The summed E-state index contributed by atoms with van der Waals surface area (Å²) in [6.07, 6.45) is 3.95. The molecule has 0 saturated carbocycles. The van der Waals surface area contributed by atoms with Crippen LogP contribution < -0.4 is 5.32 Å². The van der Waals surface area contributed by atoms with Crippen LogP contribution in [0.5, 0.6) is 0 Å². The van der Waals surface area contributed by atoms with E-state index in [2.05, 4.69) is 10.3 Å². The number of hydrogen-bond acceptors (Lipinski definition) is 4. The maximum atomic E-state index is 11.7. The van der Waals surface area contributed by atoms with E-state index in [1.165, 1.54) is 6.42 Å². The highest BCUT2D eigenvalue weighted by molar-refractivity contribution is 5.93. The van der Waals surface area contributed by atoms with Gasteiger partial charge in [0.05, 0.1) is 12.2 Å². The lowest BCUT2D eigenvalue weighted by Gasteiger charge is -2.22. The summed E-state index contributed by atoms with van der Waals surface area (Å²) in [5.74, 6) is 1.33. The molecule has 0 spiro atoms. The zero-order valence-electron chi connectivity index (χ0n) is 11.6. The predicted molar refractivity (Wildman–Crippen MR) is 74.3 cm³/mol. The number of anilines is 1. The quantitative estimate of drug-likeness (QED) is 0.897. The average Bonchev–Trinajstić information content (AvgIpc) is 2.46. The van der Waals surface area contributed by atoms with E-state index in [1.54, 1.807) is 31.3 Å². The summed E-state index contributed by atoms with van der Waals surface area (Å²) >= 11 is 0. The maximum Gasteiger partial charge on any atom is 0.254 e. The minimum atomic E-state index is -0.0280. The molecule has 1 fully saturated rings. The largest absolute Gasteiger partial charge is 0.381 e. The molecule has 0 aromatic carbocycles. The molecule has 1 amide bonds. The smallest absolute Gasteiger partial charge is 0.254 e. The van der Waals surface area contributed by atoms with Gasteiger partial charge in [-0.3, -0.25) is 4.79 Å². The summed E-state index contributed by atoms with van der Waals surface area (Å²) < 4.78 is 5.44. The van der Waals surface area contributed by atoms with Crippen molar-refractivity contribution in [1.29, 1.82) is 0 Å². The molecule has 104 valence electrons. The Labute approximate surface area is 114 Å². The first kappa shape index (κ1) is 13.8. The first-order chi connectivity index (χ1) is 9.16. The third-order valence-corrected chi connectivity index (χ3v) is 3.24. The van der Waals surface area contributed by atoms with Gasteiger partial charge in [0.2, 0.25) is 0 Å². The molecule has 1 aromatic rings. The molecule has 1 aliphatic rings. The minimum absolute atomic E-state index is 0.0280. The molecule has 5 nitrogen and oxygen atoms in total. The molecule has 1 aromatic heterocycles.